The molecule has 1 N–H and O–H groups in total. The summed E-state index contributed by atoms with van der Waals surface area (Å²) in [6, 6.07) is 0. The van der Waals surface area contributed by atoms with Crippen LogP contribution in [0.3, 0.4) is 0 Å². The van der Waals surface area contributed by atoms with Crippen LogP contribution >= 0.6 is 0 Å². The molecule has 13 heavy (non-hydrogen) atoms. The Morgan fingerprint density at radius 1 is 1.38 bits per heavy atom. The maximum Gasteiger partial charge on any atom is 0.414 e. The minimum Gasteiger partial charge on any atom is -0.391 e. The number of aliphatic hydroxyl groups is 1. The Morgan fingerprint density at radius 2 is 1.92 bits per heavy atom. The van der Waals surface area contributed by atoms with Gasteiger partial charge in [-0.25, -0.2) is 0 Å². The molecular weight excluding hydrogens is 185 g/mol. The summed E-state index contributed by atoms with van der Waals surface area (Å²) in [6.07, 6.45) is -5.75. The van der Waals surface area contributed by atoms with Crippen molar-refractivity contribution in [2.24, 2.45) is 0 Å². The Labute approximate surface area is 75.7 Å². The molecule has 0 amide bonds. The van der Waals surface area contributed by atoms with E-state index in [1.807, 2.05) is 6.92 Å². The second kappa shape index (κ2) is 5.44. The average molecular weight is 200 g/mol. The summed E-state index contributed by atoms with van der Waals surface area (Å²) in [6.45, 7) is 2.52. The number of alkyl halides is 3. The lowest BCUT2D eigenvalue weighted by atomic mass is 10.2. The van der Waals surface area contributed by atoms with E-state index >= 15 is 0 Å². The lowest BCUT2D eigenvalue weighted by Gasteiger charge is -2.18. The van der Waals surface area contributed by atoms with Crippen LogP contribution in [0.25, 0.3) is 0 Å². The first-order valence-corrected chi connectivity index (χ1v) is 4.24. The quantitative estimate of drug-likeness (QED) is 0.736. The normalized spacial score (nSPS) is 17.1. The van der Waals surface area contributed by atoms with Crippen molar-refractivity contribution in [2.45, 2.75) is 45.1 Å². The SMILES string of the molecule is CCCC(O)COC(C)C(F)(F)F. The fraction of sp³-hybridized carbons (Fsp3) is 1.00. The van der Waals surface area contributed by atoms with Gasteiger partial charge in [-0.3, -0.25) is 0 Å². The Kier molecular flexibility index (Phi) is 5.32. The molecule has 0 aliphatic heterocycles. The third-order valence-electron chi connectivity index (χ3n) is 1.62. The second-order valence-corrected chi connectivity index (χ2v) is 2.96. The topological polar surface area (TPSA) is 29.5 Å². The highest BCUT2D eigenvalue weighted by atomic mass is 19.4. The number of rotatable bonds is 5. The molecule has 0 aliphatic carbocycles. The Bertz CT molecular complexity index is 136. The first-order chi connectivity index (χ1) is 5.88. The minimum atomic E-state index is -4.34. The molecule has 0 aromatic heterocycles. The molecule has 5 heteroatoms. The molecule has 2 atom stereocenters. The van der Waals surface area contributed by atoms with Crippen LogP contribution in [-0.2, 0) is 4.74 Å². The maximum absolute atomic E-state index is 11.9. The van der Waals surface area contributed by atoms with Crippen LogP contribution < -0.4 is 0 Å². The highest BCUT2D eigenvalue weighted by molar-refractivity contribution is 4.62. The van der Waals surface area contributed by atoms with Crippen LogP contribution in [0.2, 0.25) is 0 Å². The fourth-order valence-corrected chi connectivity index (χ4v) is 0.766. The van der Waals surface area contributed by atoms with Crippen LogP contribution in [-0.4, -0.2) is 30.1 Å². The number of aliphatic hydroxyl groups excluding tert-OH is 1. The summed E-state index contributed by atoms with van der Waals surface area (Å²) in [5.41, 5.74) is 0. The van der Waals surface area contributed by atoms with Gasteiger partial charge in [0.15, 0.2) is 6.10 Å². The van der Waals surface area contributed by atoms with Crippen LogP contribution in [0.5, 0.6) is 0 Å². The molecular formula is C8H15F3O2. The molecule has 0 aromatic rings. The molecule has 0 aromatic carbocycles. The third-order valence-corrected chi connectivity index (χ3v) is 1.62. The van der Waals surface area contributed by atoms with Gasteiger partial charge in [0.25, 0.3) is 0 Å². The largest absolute Gasteiger partial charge is 0.414 e. The van der Waals surface area contributed by atoms with Crippen LogP contribution in [0.15, 0.2) is 0 Å². The van der Waals surface area contributed by atoms with Crippen LogP contribution in [0, 0.1) is 0 Å². The van der Waals surface area contributed by atoms with Crippen LogP contribution in [0.4, 0.5) is 13.2 Å². The Balaban J connectivity index is 3.63. The van der Waals surface area contributed by atoms with Gasteiger partial charge in [0.1, 0.15) is 0 Å². The van der Waals surface area contributed by atoms with Crippen molar-refractivity contribution in [1.29, 1.82) is 0 Å². The molecule has 0 spiro atoms. The lowest BCUT2D eigenvalue weighted by Crippen LogP contribution is -2.31. The summed E-state index contributed by atoms with van der Waals surface area (Å²) >= 11 is 0. The lowest BCUT2D eigenvalue weighted by molar-refractivity contribution is -0.219. The van der Waals surface area contributed by atoms with E-state index in [4.69, 9.17) is 5.11 Å². The van der Waals surface area contributed by atoms with Gasteiger partial charge in [0, 0.05) is 0 Å². The van der Waals surface area contributed by atoms with Gasteiger partial charge in [0.05, 0.1) is 12.7 Å². The van der Waals surface area contributed by atoms with Gasteiger partial charge < -0.3 is 9.84 Å². The van der Waals surface area contributed by atoms with Gasteiger partial charge in [-0.2, -0.15) is 13.2 Å². The van der Waals surface area contributed by atoms with Crippen molar-refractivity contribution in [3.63, 3.8) is 0 Å². The fourth-order valence-electron chi connectivity index (χ4n) is 0.766. The number of hydrogen-bond acceptors (Lipinski definition) is 2. The monoisotopic (exact) mass is 200 g/mol. The van der Waals surface area contributed by atoms with Gasteiger partial charge in [0.2, 0.25) is 0 Å². The van der Waals surface area contributed by atoms with Gasteiger partial charge in [-0.1, -0.05) is 13.3 Å². The summed E-state index contributed by atoms with van der Waals surface area (Å²) in [5, 5.41) is 9.07. The molecule has 0 saturated heterocycles. The first-order valence-electron chi connectivity index (χ1n) is 4.24. The van der Waals surface area contributed by atoms with E-state index in [1.54, 1.807) is 0 Å². The predicted octanol–water partition coefficient (Wildman–Crippen LogP) is 2.11. The van der Waals surface area contributed by atoms with E-state index in [9.17, 15) is 13.2 Å². The maximum atomic E-state index is 11.9. The molecule has 0 heterocycles. The second-order valence-electron chi connectivity index (χ2n) is 2.96. The van der Waals surface area contributed by atoms with E-state index < -0.39 is 18.4 Å². The Morgan fingerprint density at radius 3 is 2.31 bits per heavy atom. The summed E-state index contributed by atoms with van der Waals surface area (Å²) in [7, 11) is 0. The highest BCUT2D eigenvalue weighted by Crippen LogP contribution is 2.22. The standard InChI is InChI=1S/C8H15F3O2/c1-3-4-7(12)5-13-6(2)8(9,10)11/h6-7,12H,3-5H2,1-2H3. The molecule has 0 rings (SSSR count). The van der Waals surface area contributed by atoms with E-state index in [1.165, 1.54) is 0 Å². The molecule has 0 radical (unpaired) electrons. The summed E-state index contributed by atoms with van der Waals surface area (Å²) in [4.78, 5) is 0. The number of halogens is 3. The van der Waals surface area contributed by atoms with E-state index in [0.717, 1.165) is 13.3 Å². The number of hydrogen-bond donors (Lipinski definition) is 1. The van der Waals surface area contributed by atoms with E-state index in [0.29, 0.717) is 6.42 Å². The molecule has 80 valence electrons. The van der Waals surface area contributed by atoms with Crippen molar-refractivity contribution in [1.82, 2.24) is 0 Å². The van der Waals surface area contributed by atoms with Gasteiger partial charge in [-0.15, -0.1) is 0 Å². The molecule has 0 aliphatic rings. The molecule has 0 bridgehead atoms. The summed E-state index contributed by atoms with van der Waals surface area (Å²) < 4.78 is 40.1. The first kappa shape index (κ1) is 12.7. The zero-order valence-corrected chi connectivity index (χ0v) is 7.77. The molecule has 0 fully saturated rings. The van der Waals surface area contributed by atoms with Crippen LogP contribution in [0.1, 0.15) is 26.7 Å². The zero-order chi connectivity index (χ0) is 10.5. The zero-order valence-electron chi connectivity index (χ0n) is 7.77. The molecule has 0 saturated carbocycles. The van der Waals surface area contributed by atoms with Gasteiger partial charge >= 0.3 is 6.18 Å². The Hall–Kier alpha value is -0.290. The molecule has 2 nitrogen and oxygen atoms in total. The predicted molar refractivity (Wildman–Crippen MR) is 42.4 cm³/mol. The highest BCUT2D eigenvalue weighted by Gasteiger charge is 2.37. The van der Waals surface area contributed by atoms with E-state index in [2.05, 4.69) is 4.74 Å². The van der Waals surface area contributed by atoms with Crippen molar-refractivity contribution in [3.8, 4) is 0 Å². The van der Waals surface area contributed by atoms with Crippen molar-refractivity contribution in [3.05, 3.63) is 0 Å². The van der Waals surface area contributed by atoms with Crippen molar-refractivity contribution >= 4 is 0 Å². The summed E-state index contributed by atoms with van der Waals surface area (Å²) in [5.74, 6) is 0. The van der Waals surface area contributed by atoms with Crippen molar-refractivity contribution in [2.75, 3.05) is 6.61 Å². The smallest absolute Gasteiger partial charge is 0.391 e. The molecule has 2 unspecified atom stereocenters. The van der Waals surface area contributed by atoms with Gasteiger partial charge in [-0.05, 0) is 13.3 Å². The van der Waals surface area contributed by atoms with E-state index in [-0.39, 0.29) is 6.61 Å². The third kappa shape index (κ3) is 5.87. The minimum absolute atomic E-state index is 0.255. The average Bonchev–Trinajstić information content (AvgIpc) is 1.99. The number of ether oxygens (including phenoxy) is 1. The van der Waals surface area contributed by atoms with Crippen molar-refractivity contribution < 1.29 is 23.0 Å².